The molecule has 4 aliphatic rings. The summed E-state index contributed by atoms with van der Waals surface area (Å²) in [6.07, 6.45) is 21.6. The average molecular weight is 385 g/mol. The zero-order valence-electron chi connectivity index (χ0n) is 17.6. The first kappa shape index (κ1) is 21.2. The summed E-state index contributed by atoms with van der Waals surface area (Å²) in [6.45, 7) is 4.36. The standard InChI is InChI=1S/C23H34O3.C2H2/c1-3-5-22(25)26-21-11-10-20-19-8-6-15-14-16(24)7-9-17(15)18(19)12-13-23(20,21)4-2;1-2/h14,17-21H,3-13H2,1-2H3;1-2H. The summed E-state index contributed by atoms with van der Waals surface area (Å²) in [6, 6.07) is 0. The summed E-state index contributed by atoms with van der Waals surface area (Å²) in [7, 11) is 0. The number of hydrogen-bond donors (Lipinski definition) is 0. The molecule has 0 aromatic heterocycles. The van der Waals surface area contributed by atoms with Gasteiger partial charge < -0.3 is 4.74 Å². The second-order valence-electron chi connectivity index (χ2n) is 9.23. The number of rotatable bonds is 4. The maximum atomic E-state index is 12.2. The van der Waals surface area contributed by atoms with Gasteiger partial charge in [-0.25, -0.2) is 0 Å². The van der Waals surface area contributed by atoms with E-state index in [1.807, 2.05) is 13.0 Å². The van der Waals surface area contributed by atoms with E-state index in [0.29, 0.717) is 24.0 Å². The van der Waals surface area contributed by atoms with Gasteiger partial charge in [0.05, 0.1) is 0 Å². The van der Waals surface area contributed by atoms with Crippen LogP contribution in [0.15, 0.2) is 11.6 Å². The Morgan fingerprint density at radius 1 is 1.11 bits per heavy atom. The Morgan fingerprint density at radius 3 is 2.61 bits per heavy atom. The molecule has 0 spiro atoms. The summed E-state index contributed by atoms with van der Waals surface area (Å²) >= 11 is 0. The van der Waals surface area contributed by atoms with Crippen LogP contribution in [0.25, 0.3) is 0 Å². The van der Waals surface area contributed by atoms with Gasteiger partial charge in [-0.05, 0) is 87.5 Å². The summed E-state index contributed by atoms with van der Waals surface area (Å²) in [5.41, 5.74) is 1.67. The third-order valence-electron chi connectivity index (χ3n) is 8.32. The first-order valence-corrected chi connectivity index (χ1v) is 11.3. The van der Waals surface area contributed by atoms with Gasteiger partial charge in [-0.3, -0.25) is 9.59 Å². The number of ether oxygens (including phenoxy) is 1. The molecule has 0 saturated heterocycles. The predicted octanol–water partition coefficient (Wildman–Crippen LogP) is 5.48. The Kier molecular flexibility index (Phi) is 6.69. The number of hydrogen-bond acceptors (Lipinski definition) is 3. The van der Waals surface area contributed by atoms with E-state index in [-0.39, 0.29) is 17.5 Å². The first-order chi connectivity index (χ1) is 13.6. The van der Waals surface area contributed by atoms with Gasteiger partial charge >= 0.3 is 5.97 Å². The highest BCUT2D eigenvalue weighted by atomic mass is 16.5. The highest BCUT2D eigenvalue weighted by Crippen LogP contribution is 2.63. The van der Waals surface area contributed by atoms with Gasteiger partial charge in [0.1, 0.15) is 6.10 Å². The number of fused-ring (bicyclic) bond motifs is 5. The van der Waals surface area contributed by atoms with Crippen LogP contribution in [0.5, 0.6) is 0 Å². The van der Waals surface area contributed by atoms with Crippen molar-refractivity contribution in [2.24, 2.45) is 29.1 Å². The number of esters is 1. The molecule has 0 radical (unpaired) electrons. The quantitative estimate of drug-likeness (QED) is 0.476. The van der Waals surface area contributed by atoms with Crippen LogP contribution in [-0.4, -0.2) is 17.9 Å². The van der Waals surface area contributed by atoms with Crippen molar-refractivity contribution in [1.29, 1.82) is 0 Å². The van der Waals surface area contributed by atoms with Crippen LogP contribution < -0.4 is 0 Å². The van der Waals surface area contributed by atoms with E-state index in [4.69, 9.17) is 4.74 Å². The molecule has 6 unspecified atom stereocenters. The van der Waals surface area contributed by atoms with Crippen molar-refractivity contribution >= 4 is 11.8 Å². The molecule has 3 saturated carbocycles. The van der Waals surface area contributed by atoms with Gasteiger partial charge in [0.25, 0.3) is 0 Å². The van der Waals surface area contributed by atoms with Crippen molar-refractivity contribution in [2.45, 2.75) is 90.6 Å². The lowest BCUT2D eigenvalue weighted by molar-refractivity contribution is -0.160. The van der Waals surface area contributed by atoms with Crippen molar-refractivity contribution in [3.8, 4) is 12.8 Å². The van der Waals surface area contributed by atoms with E-state index >= 15 is 0 Å². The molecule has 4 aliphatic carbocycles. The normalized spacial score (nSPS) is 38.8. The van der Waals surface area contributed by atoms with Crippen molar-refractivity contribution < 1.29 is 14.3 Å². The number of terminal acetylenes is 1. The fourth-order valence-corrected chi connectivity index (χ4v) is 7.21. The van der Waals surface area contributed by atoms with Crippen molar-refractivity contribution in [3.63, 3.8) is 0 Å². The molecular formula is C25H36O3. The Balaban J connectivity index is 0.00000109. The monoisotopic (exact) mass is 384 g/mol. The third kappa shape index (κ3) is 3.56. The number of carbonyl (C=O) groups excluding carboxylic acids is 2. The topological polar surface area (TPSA) is 43.4 Å². The SMILES string of the molecule is C#C.CCCC(=O)OC1CCC2C3CCC4=CC(=O)CCC4C3CCC12CC. The Hall–Kier alpha value is -1.56. The lowest BCUT2D eigenvalue weighted by Crippen LogP contribution is -2.49. The fraction of sp³-hybridized carbons (Fsp3) is 0.760. The molecule has 0 N–H and O–H groups in total. The molecule has 154 valence electrons. The van der Waals surface area contributed by atoms with E-state index in [0.717, 1.165) is 50.4 Å². The van der Waals surface area contributed by atoms with Crippen LogP contribution in [0.1, 0.15) is 84.5 Å². The van der Waals surface area contributed by atoms with E-state index in [1.54, 1.807) is 0 Å². The molecule has 0 aromatic carbocycles. The van der Waals surface area contributed by atoms with Crippen molar-refractivity contribution in [3.05, 3.63) is 11.6 Å². The zero-order chi connectivity index (χ0) is 20.3. The maximum Gasteiger partial charge on any atom is 0.306 e. The molecule has 0 bridgehead atoms. The molecule has 28 heavy (non-hydrogen) atoms. The number of allylic oxidation sites excluding steroid dienone is 1. The largest absolute Gasteiger partial charge is 0.462 e. The number of ketones is 1. The smallest absolute Gasteiger partial charge is 0.306 e. The Bertz CT molecular complexity index is 645. The van der Waals surface area contributed by atoms with Crippen LogP contribution in [0.2, 0.25) is 0 Å². The van der Waals surface area contributed by atoms with Crippen LogP contribution in [0.4, 0.5) is 0 Å². The molecule has 6 atom stereocenters. The third-order valence-corrected chi connectivity index (χ3v) is 8.32. The van der Waals surface area contributed by atoms with Gasteiger partial charge in [-0.1, -0.05) is 19.4 Å². The molecule has 3 heteroatoms. The fourth-order valence-electron chi connectivity index (χ4n) is 7.21. The first-order valence-electron chi connectivity index (χ1n) is 11.3. The summed E-state index contributed by atoms with van der Waals surface area (Å²) in [4.78, 5) is 24.0. The maximum absolute atomic E-state index is 12.2. The number of carbonyl (C=O) groups is 2. The minimum absolute atomic E-state index is 0.00718. The summed E-state index contributed by atoms with van der Waals surface area (Å²) < 4.78 is 6.02. The van der Waals surface area contributed by atoms with Gasteiger partial charge in [-0.2, -0.15) is 0 Å². The lowest BCUT2D eigenvalue weighted by Gasteiger charge is -2.54. The van der Waals surface area contributed by atoms with Crippen LogP contribution in [0, 0.1) is 41.9 Å². The second-order valence-corrected chi connectivity index (χ2v) is 9.23. The molecule has 4 rings (SSSR count). The summed E-state index contributed by atoms with van der Waals surface area (Å²) in [5.74, 6) is 3.25. The summed E-state index contributed by atoms with van der Waals surface area (Å²) in [5, 5.41) is 0. The molecule has 3 nitrogen and oxygen atoms in total. The molecule has 0 aromatic rings. The van der Waals surface area contributed by atoms with Crippen molar-refractivity contribution in [2.75, 3.05) is 0 Å². The minimum Gasteiger partial charge on any atom is -0.462 e. The van der Waals surface area contributed by atoms with E-state index in [1.165, 1.54) is 31.3 Å². The van der Waals surface area contributed by atoms with Gasteiger partial charge in [0.2, 0.25) is 0 Å². The molecule has 3 fully saturated rings. The molecule has 0 aliphatic heterocycles. The molecule has 0 heterocycles. The van der Waals surface area contributed by atoms with E-state index < -0.39 is 0 Å². The molecular weight excluding hydrogens is 348 g/mol. The van der Waals surface area contributed by atoms with Crippen LogP contribution in [-0.2, 0) is 14.3 Å². The van der Waals surface area contributed by atoms with E-state index in [9.17, 15) is 9.59 Å². The lowest BCUT2D eigenvalue weighted by atomic mass is 9.51. The van der Waals surface area contributed by atoms with Gasteiger partial charge in [0, 0.05) is 18.3 Å². The minimum atomic E-state index is 0.00718. The van der Waals surface area contributed by atoms with Gasteiger partial charge in [-0.15, -0.1) is 12.8 Å². The zero-order valence-corrected chi connectivity index (χ0v) is 17.6. The predicted molar refractivity (Wildman–Crippen MR) is 111 cm³/mol. The Morgan fingerprint density at radius 2 is 1.89 bits per heavy atom. The average Bonchev–Trinajstić information content (AvgIpc) is 3.08. The Labute approximate surface area is 170 Å². The molecule has 0 amide bonds. The highest BCUT2D eigenvalue weighted by Gasteiger charge is 2.58. The van der Waals surface area contributed by atoms with Crippen LogP contribution in [0.3, 0.4) is 0 Å². The second kappa shape index (κ2) is 8.85. The van der Waals surface area contributed by atoms with E-state index in [2.05, 4.69) is 19.8 Å². The van der Waals surface area contributed by atoms with Crippen molar-refractivity contribution in [1.82, 2.24) is 0 Å². The van der Waals surface area contributed by atoms with Gasteiger partial charge in [0.15, 0.2) is 5.78 Å². The van der Waals surface area contributed by atoms with Crippen LogP contribution >= 0.6 is 0 Å². The highest BCUT2D eigenvalue weighted by molar-refractivity contribution is 5.91.